The molecule has 0 amide bonds. The average molecular weight is 408 g/mol. The Bertz CT molecular complexity index is 788. The molecule has 2 aromatic rings. The van der Waals surface area contributed by atoms with E-state index in [2.05, 4.69) is 17.2 Å². The molecule has 0 saturated heterocycles. The number of aliphatic hydroxyl groups is 1. The summed E-state index contributed by atoms with van der Waals surface area (Å²) in [5.41, 5.74) is -3.78. The van der Waals surface area contributed by atoms with Crippen molar-refractivity contribution in [2.24, 2.45) is 0 Å². The number of aromatic nitrogens is 1. The minimum Gasteiger partial charge on any atom is -0.387 e. The number of fused-ring (bicyclic) bond motifs is 1. The zero-order valence-corrected chi connectivity index (χ0v) is 15.3. The van der Waals surface area contributed by atoms with Crippen molar-refractivity contribution in [2.75, 3.05) is 13.1 Å². The summed E-state index contributed by atoms with van der Waals surface area (Å²) in [5, 5.41) is 13.2. The third-order valence-electron chi connectivity index (χ3n) is 4.37. The Labute approximate surface area is 158 Å². The molecule has 1 aromatic heterocycles. The molecule has 0 saturated carbocycles. The summed E-state index contributed by atoms with van der Waals surface area (Å²) < 4.78 is 79.2. The zero-order valence-electron chi connectivity index (χ0n) is 15.3. The first-order chi connectivity index (χ1) is 13.1. The molecule has 0 aliphatic carbocycles. The van der Waals surface area contributed by atoms with Crippen LogP contribution in [0.4, 0.5) is 26.3 Å². The molecule has 9 heteroatoms. The first kappa shape index (κ1) is 22.4. The van der Waals surface area contributed by atoms with Crippen molar-refractivity contribution in [3.05, 3.63) is 41.1 Å². The van der Waals surface area contributed by atoms with Crippen molar-refractivity contribution >= 4 is 10.9 Å². The predicted octanol–water partition coefficient (Wildman–Crippen LogP) is 5.48. The quantitative estimate of drug-likeness (QED) is 0.449. The van der Waals surface area contributed by atoms with Crippen LogP contribution in [0, 0.1) is 0 Å². The molecule has 1 atom stereocenters. The lowest BCUT2D eigenvalue weighted by atomic mass is 9.99. The van der Waals surface area contributed by atoms with E-state index in [0.717, 1.165) is 31.7 Å². The Morgan fingerprint density at radius 3 is 2.36 bits per heavy atom. The number of hydrogen-bond acceptors (Lipinski definition) is 3. The number of alkyl halides is 6. The number of nitrogens with one attached hydrogen (secondary N) is 1. The Balaban J connectivity index is 2.38. The molecule has 1 aromatic carbocycles. The molecule has 28 heavy (non-hydrogen) atoms. The van der Waals surface area contributed by atoms with Gasteiger partial charge in [-0.3, -0.25) is 0 Å². The van der Waals surface area contributed by atoms with E-state index >= 15 is 0 Å². The number of rotatable bonds is 8. The largest absolute Gasteiger partial charge is 0.433 e. The van der Waals surface area contributed by atoms with Crippen molar-refractivity contribution in [1.29, 1.82) is 0 Å². The second-order valence-electron chi connectivity index (χ2n) is 6.57. The highest BCUT2D eigenvalue weighted by Gasteiger charge is 2.37. The molecule has 156 valence electrons. The van der Waals surface area contributed by atoms with Gasteiger partial charge in [-0.1, -0.05) is 38.3 Å². The third-order valence-corrected chi connectivity index (χ3v) is 4.37. The Morgan fingerprint density at radius 2 is 1.75 bits per heavy atom. The van der Waals surface area contributed by atoms with Crippen molar-refractivity contribution in [3.8, 4) is 0 Å². The van der Waals surface area contributed by atoms with Gasteiger partial charge in [-0.05, 0) is 30.7 Å². The van der Waals surface area contributed by atoms with Crippen LogP contribution >= 0.6 is 0 Å². The number of nitrogens with zero attached hydrogens (tertiary/aromatic N) is 1. The van der Waals surface area contributed by atoms with E-state index in [4.69, 9.17) is 0 Å². The summed E-state index contributed by atoms with van der Waals surface area (Å²) >= 11 is 0. The van der Waals surface area contributed by atoms with E-state index in [1.165, 1.54) is 6.07 Å². The lowest BCUT2D eigenvalue weighted by molar-refractivity contribution is -0.142. The average Bonchev–Trinajstić information content (AvgIpc) is 2.61. The summed E-state index contributed by atoms with van der Waals surface area (Å²) in [5.74, 6) is 0. The van der Waals surface area contributed by atoms with Crippen LogP contribution in [0.5, 0.6) is 0 Å². The monoisotopic (exact) mass is 408 g/mol. The van der Waals surface area contributed by atoms with E-state index in [1.807, 2.05) is 0 Å². The maximum absolute atomic E-state index is 13.2. The number of unbranched alkanes of at least 4 members (excludes halogenated alkanes) is 3. The van der Waals surface area contributed by atoms with Crippen LogP contribution in [0.1, 0.15) is 55.5 Å². The molecule has 1 heterocycles. The van der Waals surface area contributed by atoms with Gasteiger partial charge < -0.3 is 10.4 Å². The number of para-hydroxylation sites is 1. The minimum atomic E-state index is -4.94. The molecular weight excluding hydrogens is 386 g/mol. The summed E-state index contributed by atoms with van der Waals surface area (Å²) in [4.78, 5) is 3.21. The van der Waals surface area contributed by atoms with E-state index in [0.29, 0.717) is 18.7 Å². The second kappa shape index (κ2) is 9.09. The van der Waals surface area contributed by atoms with Crippen LogP contribution in [-0.2, 0) is 12.4 Å². The molecule has 2 rings (SSSR count). The highest BCUT2D eigenvalue weighted by Crippen LogP contribution is 2.38. The number of hydrogen-bond donors (Lipinski definition) is 2. The van der Waals surface area contributed by atoms with Crippen molar-refractivity contribution in [2.45, 2.75) is 51.1 Å². The lowest BCUT2D eigenvalue weighted by Gasteiger charge is -2.19. The highest BCUT2D eigenvalue weighted by molar-refractivity contribution is 5.86. The maximum atomic E-state index is 13.2. The lowest BCUT2D eigenvalue weighted by Crippen LogP contribution is -2.23. The van der Waals surface area contributed by atoms with Crippen LogP contribution < -0.4 is 5.32 Å². The molecule has 0 spiro atoms. The summed E-state index contributed by atoms with van der Waals surface area (Å²) in [6, 6.07) is 3.62. The van der Waals surface area contributed by atoms with E-state index < -0.39 is 35.2 Å². The van der Waals surface area contributed by atoms with Gasteiger partial charge in [0.05, 0.1) is 17.2 Å². The topological polar surface area (TPSA) is 45.1 Å². The van der Waals surface area contributed by atoms with E-state index in [1.54, 1.807) is 0 Å². The van der Waals surface area contributed by atoms with Crippen LogP contribution in [0.25, 0.3) is 10.9 Å². The fourth-order valence-corrected chi connectivity index (χ4v) is 2.95. The van der Waals surface area contributed by atoms with Gasteiger partial charge >= 0.3 is 12.4 Å². The van der Waals surface area contributed by atoms with Gasteiger partial charge in [0.2, 0.25) is 0 Å². The van der Waals surface area contributed by atoms with Crippen LogP contribution in [0.2, 0.25) is 0 Å². The summed E-state index contributed by atoms with van der Waals surface area (Å²) in [6.45, 7) is 2.54. The van der Waals surface area contributed by atoms with Crippen molar-refractivity contribution < 1.29 is 31.4 Å². The van der Waals surface area contributed by atoms with E-state index in [9.17, 15) is 31.4 Å². The SMILES string of the molecule is CCCCCCNC[C@@H](O)c1cc(C(F)(F)F)nc2c(C(F)(F)F)cccc12. The second-order valence-corrected chi connectivity index (χ2v) is 6.57. The Kier molecular flexibility index (Phi) is 7.28. The van der Waals surface area contributed by atoms with E-state index in [-0.39, 0.29) is 17.5 Å². The zero-order chi connectivity index (χ0) is 20.9. The summed E-state index contributed by atoms with van der Waals surface area (Å²) in [6.07, 6.45) is -7.29. The number of halogens is 6. The van der Waals surface area contributed by atoms with Gasteiger partial charge in [-0.25, -0.2) is 4.98 Å². The molecule has 0 aliphatic heterocycles. The maximum Gasteiger partial charge on any atom is 0.433 e. The van der Waals surface area contributed by atoms with Gasteiger partial charge in [0, 0.05) is 11.9 Å². The van der Waals surface area contributed by atoms with Gasteiger partial charge in [0.25, 0.3) is 0 Å². The molecule has 0 radical (unpaired) electrons. The van der Waals surface area contributed by atoms with Gasteiger partial charge in [-0.15, -0.1) is 0 Å². The first-order valence-electron chi connectivity index (χ1n) is 9.02. The van der Waals surface area contributed by atoms with Crippen molar-refractivity contribution in [3.63, 3.8) is 0 Å². The summed E-state index contributed by atoms with van der Waals surface area (Å²) in [7, 11) is 0. The predicted molar refractivity (Wildman–Crippen MR) is 93.7 cm³/mol. The van der Waals surface area contributed by atoms with Gasteiger partial charge in [-0.2, -0.15) is 26.3 Å². The normalized spacial score (nSPS) is 13.9. The molecule has 3 nitrogen and oxygen atoms in total. The number of benzene rings is 1. The van der Waals surface area contributed by atoms with Crippen LogP contribution in [-0.4, -0.2) is 23.2 Å². The molecule has 0 fully saturated rings. The smallest absolute Gasteiger partial charge is 0.387 e. The molecular formula is C19H22F6N2O. The van der Waals surface area contributed by atoms with Gasteiger partial charge in [0.1, 0.15) is 5.69 Å². The van der Waals surface area contributed by atoms with Crippen LogP contribution in [0.3, 0.4) is 0 Å². The highest BCUT2D eigenvalue weighted by atomic mass is 19.4. The fraction of sp³-hybridized carbons (Fsp3) is 0.526. The Hall–Kier alpha value is -1.87. The first-order valence-corrected chi connectivity index (χ1v) is 9.02. The number of aliphatic hydroxyl groups excluding tert-OH is 1. The molecule has 2 N–H and O–H groups in total. The third kappa shape index (κ3) is 5.57. The standard InChI is InChI=1S/C19H22F6N2O/c1-2-3-4-5-9-26-11-15(28)13-10-16(19(23,24)25)27-17-12(13)7-6-8-14(17)18(20,21)22/h6-8,10,15,26,28H,2-5,9,11H2,1H3/t15-/m1/s1. The number of pyridine rings is 1. The van der Waals surface area contributed by atoms with Crippen molar-refractivity contribution in [1.82, 2.24) is 10.3 Å². The fourth-order valence-electron chi connectivity index (χ4n) is 2.95. The molecule has 0 bridgehead atoms. The molecule has 0 unspecified atom stereocenters. The van der Waals surface area contributed by atoms with Gasteiger partial charge in [0.15, 0.2) is 0 Å². The van der Waals surface area contributed by atoms with Crippen LogP contribution in [0.15, 0.2) is 24.3 Å². The minimum absolute atomic E-state index is 0.0707. The Morgan fingerprint density at radius 1 is 1.04 bits per heavy atom. The molecule has 0 aliphatic rings.